The number of fused-ring (bicyclic) bond motifs is 8. The molecule has 1 amide bonds. The first kappa shape index (κ1) is 31.5. The number of aryl methyl sites for hydroxylation is 1. The highest BCUT2D eigenvalue weighted by atomic mass is 16.5. The van der Waals surface area contributed by atoms with Crippen molar-refractivity contribution in [1.82, 2.24) is 5.32 Å². The van der Waals surface area contributed by atoms with Crippen LogP contribution in [0.5, 0.6) is 0 Å². The fourth-order valence-electron chi connectivity index (χ4n) is 13.9. The van der Waals surface area contributed by atoms with Crippen LogP contribution in [0.15, 0.2) is 36.4 Å². The van der Waals surface area contributed by atoms with E-state index >= 15 is 0 Å². The minimum Gasteiger partial charge on any atom is -0.462 e. The van der Waals surface area contributed by atoms with Gasteiger partial charge in [-0.2, -0.15) is 0 Å². The normalized spacial score (nSPS) is 46.1. The molecule has 0 bridgehead atoms. The highest BCUT2D eigenvalue weighted by molar-refractivity contribution is 5.84. The Morgan fingerprint density at radius 2 is 1.58 bits per heavy atom. The molecule has 246 valence electrons. The summed E-state index contributed by atoms with van der Waals surface area (Å²) in [5, 5.41) is 3.67. The predicted octanol–water partition coefficient (Wildman–Crippen LogP) is 9.38. The lowest BCUT2D eigenvalue weighted by molar-refractivity contribution is -0.248. The SMILES string of the molecule is C=C(C)[C@@H]1CC[C@]2(C(=O)NC3CCc4ccccc43)CC[C@]3(C)[C@H](CC[C@@H]4[C@@]5(C)CC[C@H](OC(C)=O)C(C)(C)[C@@H]5CC[C@]43C)[C@@H]12. The molecule has 11 atom stereocenters. The number of allylic oxidation sites excluding steroid dienone is 1. The van der Waals surface area contributed by atoms with Crippen molar-refractivity contribution in [3.05, 3.63) is 47.5 Å². The second-order valence-corrected chi connectivity index (χ2v) is 18.1. The zero-order valence-electron chi connectivity index (χ0n) is 29.3. The van der Waals surface area contributed by atoms with E-state index in [2.05, 4.69) is 77.7 Å². The first-order chi connectivity index (χ1) is 21.2. The molecule has 6 aliphatic rings. The minimum atomic E-state index is -0.278. The van der Waals surface area contributed by atoms with Crippen molar-refractivity contribution in [1.29, 1.82) is 0 Å². The summed E-state index contributed by atoms with van der Waals surface area (Å²) in [6, 6.07) is 8.87. The molecule has 6 aliphatic carbocycles. The smallest absolute Gasteiger partial charge is 0.302 e. The lowest BCUT2D eigenvalue weighted by atomic mass is 9.32. The Morgan fingerprint density at radius 3 is 2.31 bits per heavy atom. The molecule has 4 nitrogen and oxygen atoms in total. The molecule has 1 aromatic carbocycles. The third-order valence-corrected chi connectivity index (χ3v) is 16.2. The van der Waals surface area contributed by atoms with E-state index in [0.29, 0.717) is 35.5 Å². The van der Waals surface area contributed by atoms with Gasteiger partial charge in [0.25, 0.3) is 0 Å². The molecule has 5 saturated carbocycles. The van der Waals surface area contributed by atoms with Crippen LogP contribution in [-0.4, -0.2) is 18.0 Å². The van der Waals surface area contributed by atoms with E-state index in [1.165, 1.54) is 42.4 Å². The predicted molar refractivity (Wildman–Crippen MR) is 180 cm³/mol. The van der Waals surface area contributed by atoms with Gasteiger partial charge in [-0.3, -0.25) is 9.59 Å². The van der Waals surface area contributed by atoms with Crippen molar-refractivity contribution in [2.24, 2.45) is 56.7 Å². The molecule has 0 aliphatic heterocycles. The summed E-state index contributed by atoms with van der Waals surface area (Å²) in [4.78, 5) is 26.8. The van der Waals surface area contributed by atoms with Crippen molar-refractivity contribution in [2.75, 3.05) is 0 Å². The summed E-state index contributed by atoms with van der Waals surface area (Å²) in [5.74, 6) is 2.77. The number of carbonyl (C=O) groups is 2. The van der Waals surface area contributed by atoms with Gasteiger partial charge >= 0.3 is 5.97 Å². The maximum atomic E-state index is 14.7. The van der Waals surface area contributed by atoms with Crippen molar-refractivity contribution < 1.29 is 14.3 Å². The number of amides is 1. The first-order valence-electron chi connectivity index (χ1n) is 18.4. The quantitative estimate of drug-likeness (QED) is 0.272. The highest BCUT2D eigenvalue weighted by Gasteiger charge is 2.72. The van der Waals surface area contributed by atoms with Crippen LogP contribution in [0.4, 0.5) is 0 Å². The maximum Gasteiger partial charge on any atom is 0.302 e. The number of ether oxygens (including phenoxy) is 1. The van der Waals surface area contributed by atoms with E-state index in [1.54, 1.807) is 6.92 Å². The molecule has 0 aromatic heterocycles. The van der Waals surface area contributed by atoms with Crippen LogP contribution in [0.2, 0.25) is 0 Å². The number of benzene rings is 1. The summed E-state index contributed by atoms with van der Waals surface area (Å²) >= 11 is 0. The van der Waals surface area contributed by atoms with E-state index in [1.807, 2.05) is 0 Å². The van der Waals surface area contributed by atoms with Crippen LogP contribution in [0.1, 0.15) is 136 Å². The number of hydrogen-bond donors (Lipinski definition) is 1. The van der Waals surface area contributed by atoms with E-state index in [0.717, 1.165) is 51.4 Å². The number of carbonyl (C=O) groups excluding carboxylic acids is 2. The minimum absolute atomic E-state index is 0.0137. The summed E-state index contributed by atoms with van der Waals surface area (Å²) < 4.78 is 5.96. The molecule has 45 heavy (non-hydrogen) atoms. The van der Waals surface area contributed by atoms with Gasteiger partial charge in [0, 0.05) is 12.3 Å². The monoisotopic (exact) mass is 613 g/mol. The van der Waals surface area contributed by atoms with Gasteiger partial charge in [0.05, 0.1) is 11.5 Å². The first-order valence-corrected chi connectivity index (χ1v) is 18.4. The molecule has 0 radical (unpaired) electrons. The van der Waals surface area contributed by atoms with Gasteiger partial charge in [-0.05, 0) is 141 Å². The van der Waals surface area contributed by atoms with Crippen molar-refractivity contribution in [2.45, 2.75) is 138 Å². The van der Waals surface area contributed by atoms with E-state index in [9.17, 15) is 9.59 Å². The van der Waals surface area contributed by atoms with Crippen LogP contribution >= 0.6 is 0 Å². The summed E-state index contributed by atoms with van der Waals surface area (Å²) in [5.41, 5.74) is 4.41. The summed E-state index contributed by atoms with van der Waals surface area (Å²) in [6.07, 6.45) is 13.4. The molecule has 1 unspecified atom stereocenters. The van der Waals surface area contributed by atoms with Gasteiger partial charge in [0.2, 0.25) is 5.91 Å². The molecular formula is C41H59NO3. The van der Waals surface area contributed by atoms with Gasteiger partial charge in [0.15, 0.2) is 0 Å². The van der Waals surface area contributed by atoms with E-state index in [-0.39, 0.29) is 45.2 Å². The van der Waals surface area contributed by atoms with Gasteiger partial charge in [-0.15, -0.1) is 0 Å². The van der Waals surface area contributed by atoms with Crippen LogP contribution in [0, 0.1) is 56.7 Å². The number of nitrogens with one attached hydrogen (secondary N) is 1. The van der Waals surface area contributed by atoms with Crippen molar-refractivity contribution in [3.63, 3.8) is 0 Å². The standard InChI is InChI=1S/C41H59NO3/c1-25(2)28-17-22-41(36(44)42-31-15-13-27-11-9-10-12-29(27)31)24-23-39(7)30(35(28)41)14-16-33-38(6)20-19-34(45-26(3)43)37(4,5)32(38)18-21-40(33,39)8/h9-12,28,30-35H,1,13-24H2,2-8H3,(H,42,44)/t28-,30+,31?,32-,33+,34-,35+,38-,39+,40+,41-/m0/s1. The zero-order valence-corrected chi connectivity index (χ0v) is 29.3. The lowest BCUT2D eigenvalue weighted by Crippen LogP contribution is -2.67. The zero-order chi connectivity index (χ0) is 32.2. The number of hydrogen-bond acceptors (Lipinski definition) is 3. The average molecular weight is 614 g/mol. The molecular weight excluding hydrogens is 554 g/mol. The maximum absolute atomic E-state index is 14.7. The highest BCUT2D eigenvalue weighted by Crippen LogP contribution is 2.77. The fraction of sp³-hybridized carbons (Fsp3) is 0.756. The van der Waals surface area contributed by atoms with Gasteiger partial charge in [0.1, 0.15) is 6.10 Å². The Labute approximate surface area is 272 Å². The Kier molecular flexibility index (Phi) is 7.31. The Morgan fingerprint density at radius 1 is 0.822 bits per heavy atom. The van der Waals surface area contributed by atoms with Crippen LogP contribution in [-0.2, 0) is 20.7 Å². The average Bonchev–Trinajstić information content (AvgIpc) is 3.57. The molecule has 4 heteroatoms. The molecule has 0 spiro atoms. The Balaban J connectivity index is 1.20. The van der Waals surface area contributed by atoms with Gasteiger partial charge in [-0.1, -0.05) is 71.0 Å². The fourth-order valence-corrected chi connectivity index (χ4v) is 13.9. The van der Waals surface area contributed by atoms with Crippen LogP contribution < -0.4 is 5.32 Å². The largest absolute Gasteiger partial charge is 0.462 e. The molecule has 1 N–H and O–H groups in total. The second-order valence-electron chi connectivity index (χ2n) is 18.1. The molecule has 0 saturated heterocycles. The van der Waals surface area contributed by atoms with E-state index in [4.69, 9.17) is 4.74 Å². The second kappa shape index (κ2) is 10.4. The van der Waals surface area contributed by atoms with E-state index < -0.39 is 0 Å². The van der Waals surface area contributed by atoms with Crippen molar-refractivity contribution >= 4 is 11.9 Å². The van der Waals surface area contributed by atoms with Crippen LogP contribution in [0.25, 0.3) is 0 Å². The molecule has 7 rings (SSSR count). The Hall–Kier alpha value is -2.10. The topological polar surface area (TPSA) is 55.4 Å². The van der Waals surface area contributed by atoms with Crippen LogP contribution in [0.3, 0.4) is 0 Å². The third-order valence-electron chi connectivity index (χ3n) is 16.2. The third kappa shape index (κ3) is 4.28. The molecule has 5 fully saturated rings. The lowest BCUT2D eigenvalue weighted by Gasteiger charge is -2.72. The van der Waals surface area contributed by atoms with Crippen molar-refractivity contribution in [3.8, 4) is 0 Å². The van der Waals surface area contributed by atoms with Gasteiger partial charge < -0.3 is 10.1 Å². The summed E-state index contributed by atoms with van der Waals surface area (Å²) in [7, 11) is 0. The number of rotatable bonds is 4. The molecule has 1 aromatic rings. The Bertz CT molecular complexity index is 1400. The summed E-state index contributed by atoms with van der Waals surface area (Å²) in [6.45, 7) is 21.1. The number of esters is 1. The molecule has 0 heterocycles. The van der Waals surface area contributed by atoms with Gasteiger partial charge in [-0.25, -0.2) is 0 Å².